The average molecular weight is 256 g/mol. The van der Waals surface area contributed by atoms with E-state index in [4.69, 9.17) is 0 Å². The molecule has 5 nitrogen and oxygen atoms in total. The van der Waals surface area contributed by atoms with Gasteiger partial charge in [-0.15, -0.1) is 0 Å². The topological polar surface area (TPSA) is 69.6 Å². The van der Waals surface area contributed by atoms with Crippen molar-refractivity contribution in [3.63, 3.8) is 0 Å². The van der Waals surface area contributed by atoms with Crippen molar-refractivity contribution in [3.05, 3.63) is 0 Å². The molecule has 18 heavy (non-hydrogen) atoms. The first-order valence-corrected chi connectivity index (χ1v) is 6.49. The summed E-state index contributed by atoms with van der Waals surface area (Å²) in [5.74, 6) is -0.0131. The lowest BCUT2D eigenvalue weighted by Crippen LogP contribution is -2.54. The highest BCUT2D eigenvalue weighted by atomic mass is 16.3. The lowest BCUT2D eigenvalue weighted by Gasteiger charge is -2.34. The predicted octanol–water partition coefficient (Wildman–Crippen LogP) is 0.520. The predicted molar refractivity (Wildman–Crippen MR) is 68.9 cm³/mol. The Labute approximate surface area is 109 Å². The van der Waals surface area contributed by atoms with Crippen LogP contribution in [0.3, 0.4) is 0 Å². The molecular weight excluding hydrogens is 232 g/mol. The molecule has 0 aromatic rings. The quantitative estimate of drug-likeness (QED) is 0.773. The summed E-state index contributed by atoms with van der Waals surface area (Å²) < 4.78 is 0. The number of carbonyl (C=O) groups is 2. The van der Waals surface area contributed by atoms with Crippen molar-refractivity contribution in [2.24, 2.45) is 5.92 Å². The van der Waals surface area contributed by atoms with Crippen LogP contribution in [-0.4, -0.2) is 46.6 Å². The van der Waals surface area contributed by atoms with Crippen molar-refractivity contribution in [1.29, 1.82) is 0 Å². The van der Waals surface area contributed by atoms with Crippen molar-refractivity contribution < 1.29 is 14.7 Å². The van der Waals surface area contributed by atoms with Gasteiger partial charge in [0.25, 0.3) is 0 Å². The molecule has 1 rings (SSSR count). The summed E-state index contributed by atoms with van der Waals surface area (Å²) in [7, 11) is 0. The summed E-state index contributed by atoms with van der Waals surface area (Å²) in [5.41, 5.74) is -0.616. The number of nitrogens with one attached hydrogen (secondary N) is 1. The zero-order valence-electron chi connectivity index (χ0n) is 11.7. The monoisotopic (exact) mass is 256 g/mol. The van der Waals surface area contributed by atoms with Crippen molar-refractivity contribution in [2.45, 2.75) is 52.2 Å². The largest absolute Gasteiger partial charge is 0.391 e. The van der Waals surface area contributed by atoms with E-state index in [0.29, 0.717) is 25.9 Å². The Morgan fingerprint density at radius 3 is 2.22 bits per heavy atom. The fourth-order valence-corrected chi connectivity index (χ4v) is 1.98. The van der Waals surface area contributed by atoms with E-state index < -0.39 is 11.6 Å². The Morgan fingerprint density at radius 2 is 1.83 bits per heavy atom. The van der Waals surface area contributed by atoms with Crippen molar-refractivity contribution >= 4 is 11.8 Å². The number of carbonyl (C=O) groups excluding carboxylic acids is 2. The summed E-state index contributed by atoms with van der Waals surface area (Å²) in [6, 6.07) is 0. The molecule has 0 saturated carbocycles. The second-order valence-corrected chi connectivity index (χ2v) is 5.67. The van der Waals surface area contributed by atoms with Gasteiger partial charge in [-0.05, 0) is 33.6 Å². The molecular formula is C13H24N2O3. The highest BCUT2D eigenvalue weighted by Gasteiger charge is 2.31. The van der Waals surface area contributed by atoms with Gasteiger partial charge in [0.1, 0.15) is 0 Å². The minimum atomic E-state index is -0.616. The lowest BCUT2D eigenvalue weighted by atomic mass is 9.92. The maximum absolute atomic E-state index is 12.1. The minimum Gasteiger partial charge on any atom is -0.391 e. The van der Waals surface area contributed by atoms with E-state index in [0.717, 1.165) is 0 Å². The molecule has 1 saturated heterocycles. The molecule has 1 heterocycles. The standard InChI is InChI=1S/C13H24N2O3/c1-9(16)13(3,4)14-12(18)11-5-7-15(8-6-11)10(2)17/h9,11,16H,5-8H2,1-4H3,(H,14,18). The average Bonchev–Trinajstić information content (AvgIpc) is 2.28. The summed E-state index contributed by atoms with van der Waals surface area (Å²) in [6.07, 6.45) is 0.793. The second kappa shape index (κ2) is 5.69. The Bertz CT molecular complexity index is 318. The smallest absolute Gasteiger partial charge is 0.223 e. The molecule has 0 aromatic heterocycles. The van der Waals surface area contributed by atoms with E-state index in [9.17, 15) is 14.7 Å². The Hall–Kier alpha value is -1.10. The van der Waals surface area contributed by atoms with Gasteiger partial charge >= 0.3 is 0 Å². The summed E-state index contributed by atoms with van der Waals surface area (Å²) in [5, 5.41) is 12.5. The van der Waals surface area contributed by atoms with E-state index in [-0.39, 0.29) is 17.7 Å². The van der Waals surface area contributed by atoms with Crippen LogP contribution in [0.15, 0.2) is 0 Å². The molecule has 2 amide bonds. The number of likely N-dealkylation sites (tertiary alicyclic amines) is 1. The normalized spacial score (nSPS) is 19.5. The fraction of sp³-hybridized carbons (Fsp3) is 0.846. The first kappa shape index (κ1) is 15.0. The van der Waals surface area contributed by atoms with Crippen LogP contribution in [0.4, 0.5) is 0 Å². The van der Waals surface area contributed by atoms with Gasteiger partial charge < -0.3 is 15.3 Å². The van der Waals surface area contributed by atoms with Crippen molar-refractivity contribution in [3.8, 4) is 0 Å². The van der Waals surface area contributed by atoms with Crippen LogP contribution in [-0.2, 0) is 9.59 Å². The highest BCUT2D eigenvalue weighted by molar-refractivity contribution is 5.80. The van der Waals surface area contributed by atoms with Gasteiger partial charge in [-0.1, -0.05) is 0 Å². The number of nitrogens with zero attached hydrogens (tertiary/aromatic N) is 1. The second-order valence-electron chi connectivity index (χ2n) is 5.67. The van der Waals surface area contributed by atoms with E-state index in [1.165, 1.54) is 0 Å². The van der Waals surface area contributed by atoms with Gasteiger partial charge in [0.2, 0.25) is 11.8 Å². The first-order valence-electron chi connectivity index (χ1n) is 6.49. The Morgan fingerprint density at radius 1 is 1.33 bits per heavy atom. The molecule has 1 aliphatic heterocycles. The highest BCUT2D eigenvalue weighted by Crippen LogP contribution is 2.19. The van der Waals surface area contributed by atoms with E-state index in [1.807, 2.05) is 0 Å². The summed E-state index contributed by atoms with van der Waals surface area (Å²) in [4.78, 5) is 25.0. The molecule has 0 spiro atoms. The van der Waals surface area contributed by atoms with Crippen LogP contribution in [0.1, 0.15) is 40.5 Å². The van der Waals surface area contributed by atoms with Crippen LogP contribution >= 0.6 is 0 Å². The number of piperidine rings is 1. The molecule has 5 heteroatoms. The Balaban J connectivity index is 2.48. The van der Waals surface area contributed by atoms with E-state index >= 15 is 0 Å². The summed E-state index contributed by atoms with van der Waals surface area (Å²) in [6.45, 7) is 8.11. The molecule has 0 aliphatic carbocycles. The number of hydrogen-bond acceptors (Lipinski definition) is 3. The van der Waals surface area contributed by atoms with Crippen molar-refractivity contribution in [1.82, 2.24) is 10.2 Å². The fourth-order valence-electron chi connectivity index (χ4n) is 1.98. The molecule has 0 aromatic carbocycles. The van der Waals surface area contributed by atoms with Crippen LogP contribution < -0.4 is 5.32 Å². The number of rotatable bonds is 3. The number of hydrogen-bond donors (Lipinski definition) is 2. The van der Waals surface area contributed by atoms with Crippen LogP contribution in [0.2, 0.25) is 0 Å². The molecule has 2 N–H and O–H groups in total. The van der Waals surface area contributed by atoms with Gasteiger partial charge in [0, 0.05) is 25.9 Å². The lowest BCUT2D eigenvalue weighted by molar-refractivity contribution is -0.135. The molecule has 1 unspecified atom stereocenters. The number of aliphatic hydroxyl groups excluding tert-OH is 1. The molecule has 0 radical (unpaired) electrons. The molecule has 1 atom stereocenters. The number of aliphatic hydroxyl groups is 1. The first-order chi connectivity index (χ1) is 8.24. The minimum absolute atomic E-state index is 0.0240. The van der Waals surface area contributed by atoms with Gasteiger partial charge in [0.05, 0.1) is 11.6 Å². The third-order valence-corrected chi connectivity index (χ3v) is 3.80. The van der Waals surface area contributed by atoms with Crippen LogP contribution in [0, 0.1) is 5.92 Å². The SMILES string of the molecule is CC(=O)N1CCC(C(=O)NC(C)(C)C(C)O)CC1. The van der Waals surface area contributed by atoms with Gasteiger partial charge in [-0.3, -0.25) is 9.59 Å². The molecule has 0 bridgehead atoms. The zero-order chi connectivity index (χ0) is 13.9. The van der Waals surface area contributed by atoms with E-state index in [2.05, 4.69) is 5.32 Å². The van der Waals surface area contributed by atoms with Crippen LogP contribution in [0.25, 0.3) is 0 Å². The zero-order valence-corrected chi connectivity index (χ0v) is 11.7. The van der Waals surface area contributed by atoms with E-state index in [1.54, 1.807) is 32.6 Å². The van der Waals surface area contributed by atoms with Crippen LogP contribution in [0.5, 0.6) is 0 Å². The van der Waals surface area contributed by atoms with Crippen molar-refractivity contribution in [2.75, 3.05) is 13.1 Å². The molecule has 104 valence electrons. The summed E-state index contributed by atoms with van der Waals surface area (Å²) >= 11 is 0. The number of amides is 2. The third-order valence-electron chi connectivity index (χ3n) is 3.80. The Kier molecular flexibility index (Phi) is 4.73. The maximum Gasteiger partial charge on any atom is 0.223 e. The van der Waals surface area contributed by atoms with Gasteiger partial charge in [-0.2, -0.15) is 0 Å². The van der Waals surface area contributed by atoms with Gasteiger partial charge in [0.15, 0.2) is 0 Å². The molecule has 1 aliphatic rings. The third kappa shape index (κ3) is 3.70. The maximum atomic E-state index is 12.1. The van der Waals surface area contributed by atoms with Gasteiger partial charge in [-0.25, -0.2) is 0 Å². The molecule has 1 fully saturated rings.